The molecule has 3 heteroatoms. The van der Waals surface area contributed by atoms with Crippen LogP contribution in [0.2, 0.25) is 0 Å². The van der Waals surface area contributed by atoms with Crippen LogP contribution < -0.4 is 0 Å². The molecule has 0 unspecified atom stereocenters. The van der Waals surface area contributed by atoms with Crippen molar-refractivity contribution < 1.29 is 0 Å². The first-order valence-corrected chi connectivity index (χ1v) is 4.17. The molecule has 0 bridgehead atoms. The van der Waals surface area contributed by atoms with Gasteiger partial charge in [0.15, 0.2) is 0 Å². The Balaban J connectivity index is 2.80. The molecule has 0 aromatic carbocycles. The predicted octanol–water partition coefficient (Wildman–Crippen LogP) is 1.44. The minimum absolute atomic E-state index is 0.431. The normalized spacial score (nSPS) is 18.9. The van der Waals surface area contributed by atoms with Crippen molar-refractivity contribution in [2.24, 2.45) is 0 Å². The molecule has 2 nitrogen and oxygen atoms in total. The summed E-state index contributed by atoms with van der Waals surface area (Å²) >= 11 is 5.19. The smallest absolute Gasteiger partial charge is 0.103 e. The second kappa shape index (κ2) is 2.81. The number of thiocarbonyl (C=S) groups is 1. The highest BCUT2D eigenvalue weighted by Gasteiger charge is 2.26. The molecule has 0 amide bonds. The minimum atomic E-state index is 0.431. The summed E-state index contributed by atoms with van der Waals surface area (Å²) in [7, 11) is 2.01. The molecule has 1 aliphatic heterocycles. The van der Waals surface area contributed by atoms with E-state index in [1.165, 1.54) is 0 Å². The molecule has 0 aliphatic carbocycles. The number of hydrogen-bond acceptors (Lipinski definition) is 2. The van der Waals surface area contributed by atoms with Crippen LogP contribution in [0.1, 0.15) is 13.8 Å². The molecule has 1 heterocycles. The Labute approximate surface area is 73.5 Å². The molecule has 1 fully saturated rings. The molecule has 0 atom stereocenters. The average molecular weight is 170 g/mol. The van der Waals surface area contributed by atoms with Crippen molar-refractivity contribution in [1.82, 2.24) is 9.80 Å². The van der Waals surface area contributed by atoms with Crippen molar-refractivity contribution in [2.45, 2.75) is 19.9 Å². The second-order valence-corrected chi connectivity index (χ2v) is 3.60. The third-order valence-corrected chi connectivity index (χ3v) is 2.20. The third-order valence-electron chi connectivity index (χ3n) is 1.88. The minimum Gasteiger partial charge on any atom is -0.355 e. The lowest BCUT2D eigenvalue weighted by atomic mass is 10.3. The van der Waals surface area contributed by atoms with Gasteiger partial charge in [-0.15, -0.1) is 0 Å². The van der Waals surface area contributed by atoms with E-state index in [1.54, 1.807) is 0 Å². The van der Waals surface area contributed by atoms with Gasteiger partial charge in [-0.05, 0) is 13.8 Å². The monoisotopic (exact) mass is 170 g/mol. The zero-order valence-corrected chi connectivity index (χ0v) is 8.11. The van der Waals surface area contributed by atoms with E-state index in [0.717, 1.165) is 17.4 Å². The van der Waals surface area contributed by atoms with Crippen molar-refractivity contribution in [3.05, 3.63) is 12.4 Å². The largest absolute Gasteiger partial charge is 0.355 e. The molecule has 0 radical (unpaired) electrons. The Morgan fingerprint density at radius 1 is 1.55 bits per heavy atom. The summed E-state index contributed by atoms with van der Waals surface area (Å²) in [5.74, 6) is 1.02. The van der Waals surface area contributed by atoms with Crippen LogP contribution in [-0.2, 0) is 0 Å². The quantitative estimate of drug-likeness (QED) is 0.550. The molecule has 0 spiro atoms. The number of likely N-dealkylation sites (N-methyl/N-ethyl adjacent to an activating group) is 1. The van der Waals surface area contributed by atoms with Gasteiger partial charge in [0, 0.05) is 13.1 Å². The molecule has 62 valence electrons. The van der Waals surface area contributed by atoms with E-state index >= 15 is 0 Å². The van der Waals surface area contributed by atoms with Gasteiger partial charge >= 0.3 is 0 Å². The van der Waals surface area contributed by atoms with E-state index in [9.17, 15) is 0 Å². The molecule has 0 saturated carbocycles. The van der Waals surface area contributed by atoms with E-state index < -0.39 is 0 Å². The Kier molecular flexibility index (Phi) is 2.18. The average Bonchev–Trinajstić information content (AvgIpc) is 2.07. The van der Waals surface area contributed by atoms with Crippen LogP contribution >= 0.6 is 12.2 Å². The van der Waals surface area contributed by atoms with Crippen LogP contribution in [0.3, 0.4) is 0 Å². The maximum atomic E-state index is 5.19. The second-order valence-electron chi connectivity index (χ2n) is 3.13. The lowest BCUT2D eigenvalue weighted by Gasteiger charge is -2.24. The van der Waals surface area contributed by atoms with E-state index in [0.29, 0.717) is 6.04 Å². The lowest BCUT2D eigenvalue weighted by molar-refractivity contribution is 0.363. The van der Waals surface area contributed by atoms with Gasteiger partial charge in [0.25, 0.3) is 0 Å². The topological polar surface area (TPSA) is 6.48 Å². The van der Waals surface area contributed by atoms with E-state index in [1.807, 2.05) is 7.05 Å². The van der Waals surface area contributed by atoms with Gasteiger partial charge in [-0.2, -0.15) is 0 Å². The van der Waals surface area contributed by atoms with Crippen molar-refractivity contribution in [3.8, 4) is 0 Å². The summed E-state index contributed by atoms with van der Waals surface area (Å²) in [5.41, 5.74) is 0. The maximum absolute atomic E-state index is 5.19. The summed E-state index contributed by atoms with van der Waals surface area (Å²) in [6.45, 7) is 9.04. The Bertz CT molecular complexity index is 198. The molecule has 0 aromatic heterocycles. The first-order valence-electron chi connectivity index (χ1n) is 3.76. The summed E-state index contributed by atoms with van der Waals surface area (Å²) in [6.07, 6.45) is 0. The van der Waals surface area contributed by atoms with Crippen LogP contribution in [0.25, 0.3) is 0 Å². The molecular weight excluding hydrogens is 156 g/mol. The third kappa shape index (κ3) is 1.38. The summed E-state index contributed by atoms with van der Waals surface area (Å²) in [6, 6.07) is 0.431. The maximum Gasteiger partial charge on any atom is 0.103 e. The number of rotatable bonds is 1. The molecule has 1 aliphatic rings. The molecule has 0 aromatic rings. The van der Waals surface area contributed by atoms with Crippen LogP contribution in [-0.4, -0.2) is 34.4 Å². The van der Waals surface area contributed by atoms with Gasteiger partial charge in [-0.1, -0.05) is 18.8 Å². The zero-order valence-electron chi connectivity index (χ0n) is 7.29. The molecular formula is C8H14N2S. The molecule has 11 heavy (non-hydrogen) atoms. The fourth-order valence-electron chi connectivity index (χ4n) is 1.28. The lowest BCUT2D eigenvalue weighted by Crippen LogP contribution is -2.30. The highest BCUT2D eigenvalue weighted by atomic mass is 32.1. The van der Waals surface area contributed by atoms with Gasteiger partial charge in [0.1, 0.15) is 10.8 Å². The standard InChI is InChI=1S/C8H14N2S/c1-6(2)10-7(3)9(4)5-8(10)11/h6H,3,5H2,1-2,4H3. The Hall–Kier alpha value is -0.570. The first-order chi connectivity index (χ1) is 5.04. The van der Waals surface area contributed by atoms with Gasteiger partial charge in [-0.3, -0.25) is 0 Å². The predicted molar refractivity (Wildman–Crippen MR) is 51.3 cm³/mol. The van der Waals surface area contributed by atoms with Crippen LogP contribution in [0.15, 0.2) is 12.4 Å². The molecule has 1 saturated heterocycles. The van der Waals surface area contributed by atoms with Gasteiger partial charge < -0.3 is 9.80 Å². The van der Waals surface area contributed by atoms with Crippen LogP contribution in [0.4, 0.5) is 0 Å². The van der Waals surface area contributed by atoms with Crippen LogP contribution in [0.5, 0.6) is 0 Å². The fourth-order valence-corrected chi connectivity index (χ4v) is 1.79. The van der Waals surface area contributed by atoms with Crippen molar-refractivity contribution >= 4 is 17.2 Å². The van der Waals surface area contributed by atoms with Gasteiger partial charge in [0.2, 0.25) is 0 Å². The van der Waals surface area contributed by atoms with Crippen molar-refractivity contribution in [2.75, 3.05) is 13.6 Å². The zero-order chi connectivity index (χ0) is 8.59. The van der Waals surface area contributed by atoms with Crippen molar-refractivity contribution in [3.63, 3.8) is 0 Å². The fraction of sp³-hybridized carbons (Fsp3) is 0.625. The number of nitrogens with zero attached hydrogens (tertiary/aromatic N) is 2. The van der Waals surface area contributed by atoms with E-state index in [2.05, 4.69) is 30.2 Å². The van der Waals surface area contributed by atoms with Crippen molar-refractivity contribution in [1.29, 1.82) is 0 Å². The Morgan fingerprint density at radius 2 is 2.09 bits per heavy atom. The molecule has 0 N–H and O–H groups in total. The SMILES string of the molecule is C=C1N(C)CC(=S)N1C(C)C. The van der Waals surface area contributed by atoms with Gasteiger partial charge in [-0.25, -0.2) is 0 Å². The van der Waals surface area contributed by atoms with Gasteiger partial charge in [0.05, 0.1) is 6.54 Å². The number of hydrogen-bond donors (Lipinski definition) is 0. The highest BCUT2D eigenvalue weighted by molar-refractivity contribution is 7.80. The summed E-state index contributed by atoms with van der Waals surface area (Å²) < 4.78 is 0. The van der Waals surface area contributed by atoms with E-state index in [4.69, 9.17) is 12.2 Å². The Morgan fingerprint density at radius 3 is 2.27 bits per heavy atom. The molecule has 1 rings (SSSR count). The summed E-state index contributed by atoms with van der Waals surface area (Å²) in [5, 5.41) is 0. The van der Waals surface area contributed by atoms with E-state index in [-0.39, 0.29) is 0 Å². The highest BCUT2D eigenvalue weighted by Crippen LogP contribution is 2.19. The van der Waals surface area contributed by atoms with Crippen LogP contribution in [0, 0.1) is 0 Å². The summed E-state index contributed by atoms with van der Waals surface area (Å²) in [4.78, 5) is 5.14. The first kappa shape index (κ1) is 8.53.